The number of pyridine rings is 1. The molecule has 1 aromatic heterocycles. The number of nitrogens with one attached hydrogen (secondary N) is 1. The maximum absolute atomic E-state index is 12.7. The number of amides is 1. The minimum absolute atomic E-state index is 0.0703. The number of carbonyl (C=O) groups excluding carboxylic acids is 1. The Morgan fingerprint density at radius 1 is 1.38 bits per heavy atom. The van der Waals surface area contributed by atoms with Gasteiger partial charge in [-0.25, -0.2) is 4.98 Å². The van der Waals surface area contributed by atoms with Gasteiger partial charge in [-0.3, -0.25) is 4.79 Å². The summed E-state index contributed by atoms with van der Waals surface area (Å²) < 4.78 is 0. The van der Waals surface area contributed by atoms with Crippen LogP contribution in [-0.2, 0) is 0 Å². The highest BCUT2D eigenvalue weighted by molar-refractivity contribution is 6.09. The van der Waals surface area contributed by atoms with E-state index in [9.17, 15) is 9.90 Å². The smallest absolute Gasteiger partial charge is 0.256 e. The standard InChI is InChI=1S/C16H19N3O2/c1-16(21)7-8-19(10-16)15(20)13-9-18-14(17-2)12-6-4-3-5-11(12)13/h3-6,9,21H,7-8,10H2,1-2H3,(H,17,18). The summed E-state index contributed by atoms with van der Waals surface area (Å²) in [7, 11) is 1.81. The second kappa shape index (κ2) is 5.00. The maximum atomic E-state index is 12.7. The van der Waals surface area contributed by atoms with E-state index in [0.29, 0.717) is 25.1 Å². The fourth-order valence-electron chi connectivity index (χ4n) is 2.85. The Labute approximate surface area is 123 Å². The molecule has 5 heteroatoms. The third-order valence-electron chi connectivity index (χ3n) is 4.00. The van der Waals surface area contributed by atoms with Crippen LogP contribution in [-0.4, -0.2) is 46.6 Å². The molecular weight excluding hydrogens is 266 g/mol. The molecule has 1 saturated heterocycles. The summed E-state index contributed by atoms with van der Waals surface area (Å²) in [4.78, 5) is 18.7. The third-order valence-corrected chi connectivity index (χ3v) is 4.00. The van der Waals surface area contributed by atoms with Gasteiger partial charge in [0.1, 0.15) is 5.82 Å². The molecule has 1 amide bonds. The largest absolute Gasteiger partial charge is 0.388 e. The van der Waals surface area contributed by atoms with Crippen molar-refractivity contribution in [2.24, 2.45) is 0 Å². The topological polar surface area (TPSA) is 65.5 Å². The molecule has 1 fully saturated rings. The molecule has 5 nitrogen and oxygen atoms in total. The molecule has 2 N–H and O–H groups in total. The number of rotatable bonds is 2. The zero-order valence-electron chi connectivity index (χ0n) is 12.3. The first-order valence-electron chi connectivity index (χ1n) is 7.09. The summed E-state index contributed by atoms with van der Waals surface area (Å²) in [5.74, 6) is 0.690. The molecule has 0 spiro atoms. The Hall–Kier alpha value is -2.14. The quantitative estimate of drug-likeness (QED) is 0.884. The lowest BCUT2D eigenvalue weighted by atomic mass is 10.1. The van der Waals surface area contributed by atoms with Crippen molar-refractivity contribution in [3.63, 3.8) is 0 Å². The molecule has 1 aliphatic rings. The van der Waals surface area contributed by atoms with Crippen LogP contribution in [0.5, 0.6) is 0 Å². The van der Waals surface area contributed by atoms with Gasteiger partial charge < -0.3 is 15.3 Å². The molecule has 2 aromatic rings. The number of benzene rings is 1. The first kappa shape index (κ1) is 13.8. The number of fused-ring (bicyclic) bond motifs is 1. The van der Waals surface area contributed by atoms with Gasteiger partial charge in [0.25, 0.3) is 5.91 Å². The summed E-state index contributed by atoms with van der Waals surface area (Å²) in [5.41, 5.74) is -0.202. The van der Waals surface area contributed by atoms with Gasteiger partial charge in [-0.1, -0.05) is 24.3 Å². The van der Waals surface area contributed by atoms with E-state index in [1.54, 1.807) is 18.0 Å². The van der Waals surface area contributed by atoms with Crippen LogP contribution in [0.3, 0.4) is 0 Å². The predicted octanol–water partition coefficient (Wildman–Crippen LogP) is 1.87. The van der Waals surface area contributed by atoms with Gasteiger partial charge in [0, 0.05) is 31.7 Å². The minimum Gasteiger partial charge on any atom is -0.388 e. The lowest BCUT2D eigenvalue weighted by Crippen LogP contribution is -2.34. The summed E-state index contributed by atoms with van der Waals surface area (Å²) >= 11 is 0. The van der Waals surface area contributed by atoms with Crippen molar-refractivity contribution in [1.82, 2.24) is 9.88 Å². The number of nitrogens with zero attached hydrogens (tertiary/aromatic N) is 2. The highest BCUT2D eigenvalue weighted by atomic mass is 16.3. The lowest BCUT2D eigenvalue weighted by molar-refractivity contribution is 0.0573. The Kier molecular flexibility index (Phi) is 3.29. The lowest BCUT2D eigenvalue weighted by Gasteiger charge is -2.20. The molecule has 1 aliphatic heterocycles. The van der Waals surface area contributed by atoms with Gasteiger partial charge in [0.2, 0.25) is 0 Å². The van der Waals surface area contributed by atoms with Crippen molar-refractivity contribution in [3.8, 4) is 0 Å². The maximum Gasteiger partial charge on any atom is 0.256 e. The van der Waals surface area contributed by atoms with Gasteiger partial charge in [-0.15, -0.1) is 0 Å². The van der Waals surface area contributed by atoms with E-state index in [4.69, 9.17) is 0 Å². The molecular formula is C16H19N3O2. The number of carbonyl (C=O) groups is 1. The van der Waals surface area contributed by atoms with Crippen molar-refractivity contribution >= 4 is 22.5 Å². The number of hydrogen-bond donors (Lipinski definition) is 2. The van der Waals surface area contributed by atoms with E-state index in [1.807, 2.05) is 31.3 Å². The first-order chi connectivity index (χ1) is 10.0. The van der Waals surface area contributed by atoms with E-state index in [0.717, 1.165) is 16.6 Å². The minimum atomic E-state index is -0.788. The summed E-state index contributed by atoms with van der Waals surface area (Å²) in [6, 6.07) is 7.73. The predicted molar refractivity (Wildman–Crippen MR) is 82.4 cm³/mol. The number of aromatic nitrogens is 1. The highest BCUT2D eigenvalue weighted by Crippen LogP contribution is 2.27. The summed E-state index contributed by atoms with van der Waals surface area (Å²) in [6.07, 6.45) is 2.22. The Bertz CT molecular complexity index is 697. The molecule has 3 rings (SSSR count). The average Bonchev–Trinajstić information content (AvgIpc) is 2.85. The van der Waals surface area contributed by atoms with Crippen LogP contribution in [0.1, 0.15) is 23.7 Å². The van der Waals surface area contributed by atoms with Crippen molar-refractivity contribution in [1.29, 1.82) is 0 Å². The highest BCUT2D eigenvalue weighted by Gasteiger charge is 2.34. The number of anilines is 1. The fourth-order valence-corrected chi connectivity index (χ4v) is 2.85. The summed E-state index contributed by atoms with van der Waals surface area (Å²) in [5, 5.41) is 14.9. The van der Waals surface area contributed by atoms with Gasteiger partial charge in [-0.2, -0.15) is 0 Å². The molecule has 1 atom stereocenters. The van der Waals surface area contributed by atoms with E-state index in [-0.39, 0.29) is 5.91 Å². The van der Waals surface area contributed by atoms with E-state index < -0.39 is 5.60 Å². The van der Waals surface area contributed by atoms with Crippen LogP contribution in [0.25, 0.3) is 10.8 Å². The number of aliphatic hydroxyl groups is 1. The van der Waals surface area contributed by atoms with E-state index in [2.05, 4.69) is 10.3 Å². The third kappa shape index (κ3) is 2.45. The van der Waals surface area contributed by atoms with Crippen LogP contribution in [0.2, 0.25) is 0 Å². The number of likely N-dealkylation sites (tertiary alicyclic amines) is 1. The average molecular weight is 285 g/mol. The second-order valence-electron chi connectivity index (χ2n) is 5.79. The Morgan fingerprint density at radius 2 is 2.10 bits per heavy atom. The van der Waals surface area contributed by atoms with Crippen LogP contribution in [0.4, 0.5) is 5.82 Å². The molecule has 2 heterocycles. The number of β-amino-alcohol motifs (C(OH)–C–C–N with tert-alkyl or cyclic N) is 1. The zero-order valence-corrected chi connectivity index (χ0v) is 12.3. The second-order valence-corrected chi connectivity index (χ2v) is 5.79. The van der Waals surface area contributed by atoms with Gasteiger partial charge in [-0.05, 0) is 18.7 Å². The Morgan fingerprint density at radius 3 is 2.71 bits per heavy atom. The van der Waals surface area contributed by atoms with Crippen LogP contribution >= 0.6 is 0 Å². The SMILES string of the molecule is CNc1ncc(C(=O)N2CCC(C)(O)C2)c2ccccc12. The van der Waals surface area contributed by atoms with Crippen LogP contribution in [0, 0.1) is 0 Å². The van der Waals surface area contributed by atoms with Crippen molar-refractivity contribution < 1.29 is 9.90 Å². The first-order valence-corrected chi connectivity index (χ1v) is 7.09. The van der Waals surface area contributed by atoms with Crippen molar-refractivity contribution in [3.05, 3.63) is 36.0 Å². The van der Waals surface area contributed by atoms with Crippen LogP contribution < -0.4 is 5.32 Å². The monoisotopic (exact) mass is 285 g/mol. The van der Waals surface area contributed by atoms with Gasteiger partial charge >= 0.3 is 0 Å². The Balaban J connectivity index is 2.03. The molecule has 0 radical (unpaired) electrons. The molecule has 0 bridgehead atoms. The van der Waals surface area contributed by atoms with Gasteiger partial charge in [0.05, 0.1) is 11.2 Å². The molecule has 1 aromatic carbocycles. The molecule has 110 valence electrons. The number of hydrogen-bond acceptors (Lipinski definition) is 4. The van der Waals surface area contributed by atoms with Gasteiger partial charge in [0.15, 0.2) is 0 Å². The molecule has 0 aliphatic carbocycles. The molecule has 0 saturated carbocycles. The molecule has 21 heavy (non-hydrogen) atoms. The van der Waals surface area contributed by atoms with Crippen molar-refractivity contribution in [2.45, 2.75) is 18.9 Å². The van der Waals surface area contributed by atoms with E-state index in [1.165, 1.54) is 0 Å². The fraction of sp³-hybridized carbons (Fsp3) is 0.375. The zero-order chi connectivity index (χ0) is 15.0. The normalized spacial score (nSPS) is 21.8. The summed E-state index contributed by atoms with van der Waals surface area (Å²) in [6.45, 7) is 2.71. The van der Waals surface area contributed by atoms with Crippen molar-refractivity contribution in [2.75, 3.05) is 25.5 Å². The van der Waals surface area contributed by atoms with E-state index >= 15 is 0 Å². The van der Waals surface area contributed by atoms with Crippen LogP contribution in [0.15, 0.2) is 30.5 Å². The molecule has 1 unspecified atom stereocenters.